The lowest BCUT2D eigenvalue weighted by Gasteiger charge is -2.23. The van der Waals surface area contributed by atoms with E-state index >= 15 is 0 Å². The van der Waals surface area contributed by atoms with Crippen LogP contribution in [0.25, 0.3) is 0 Å². The normalized spacial score (nSPS) is 20.5. The van der Waals surface area contributed by atoms with Gasteiger partial charge in [-0.1, -0.05) is 18.2 Å². The zero-order valence-electron chi connectivity index (χ0n) is 12.5. The Bertz CT molecular complexity index is 678. The number of hydrogen-bond donors (Lipinski definition) is 1. The van der Waals surface area contributed by atoms with E-state index in [-0.39, 0.29) is 0 Å². The minimum Gasteiger partial charge on any atom is -0.367 e. The van der Waals surface area contributed by atoms with Gasteiger partial charge in [0.05, 0.1) is 0 Å². The van der Waals surface area contributed by atoms with Crippen LogP contribution in [-0.2, 0) is 6.42 Å². The van der Waals surface area contributed by atoms with E-state index in [9.17, 15) is 0 Å². The standard InChI is InChI=1S/C17H20N4/c1-11-9-16(19-14-7-8-14)20-17(18-11)21-12(2)10-13-5-3-4-6-15(13)21/h3-6,9,12,14H,7-8,10H2,1-2H3,(H,18,19,20). The van der Waals surface area contributed by atoms with Gasteiger partial charge in [-0.2, -0.15) is 4.98 Å². The van der Waals surface area contributed by atoms with Crippen molar-refractivity contribution in [3.63, 3.8) is 0 Å². The second-order valence-corrected chi connectivity index (χ2v) is 6.17. The molecule has 2 heterocycles. The average molecular weight is 280 g/mol. The number of benzene rings is 1. The number of nitrogens with one attached hydrogen (secondary N) is 1. The fourth-order valence-electron chi connectivity index (χ4n) is 3.04. The first-order chi connectivity index (χ1) is 10.2. The number of aromatic nitrogens is 2. The summed E-state index contributed by atoms with van der Waals surface area (Å²) in [5.41, 5.74) is 3.64. The second-order valence-electron chi connectivity index (χ2n) is 6.17. The first-order valence-corrected chi connectivity index (χ1v) is 7.70. The topological polar surface area (TPSA) is 41.1 Å². The maximum Gasteiger partial charge on any atom is 0.232 e. The first kappa shape index (κ1) is 12.6. The molecule has 0 bridgehead atoms. The fourth-order valence-corrected chi connectivity index (χ4v) is 3.04. The van der Waals surface area contributed by atoms with Crippen LogP contribution in [0.5, 0.6) is 0 Å². The smallest absolute Gasteiger partial charge is 0.232 e. The number of rotatable bonds is 3. The van der Waals surface area contributed by atoms with Crippen molar-refractivity contribution >= 4 is 17.5 Å². The van der Waals surface area contributed by atoms with Gasteiger partial charge in [0.15, 0.2) is 0 Å². The summed E-state index contributed by atoms with van der Waals surface area (Å²) in [5, 5.41) is 3.48. The molecule has 1 unspecified atom stereocenters. The van der Waals surface area contributed by atoms with Gasteiger partial charge in [-0.25, -0.2) is 4.98 Å². The summed E-state index contributed by atoms with van der Waals surface area (Å²) >= 11 is 0. The first-order valence-electron chi connectivity index (χ1n) is 7.70. The minimum atomic E-state index is 0.401. The summed E-state index contributed by atoms with van der Waals surface area (Å²) in [5.74, 6) is 1.77. The highest BCUT2D eigenvalue weighted by Gasteiger charge is 2.29. The number of nitrogens with zero attached hydrogens (tertiary/aromatic N) is 3. The molecular weight excluding hydrogens is 260 g/mol. The summed E-state index contributed by atoms with van der Waals surface area (Å²) in [6, 6.07) is 11.6. The van der Waals surface area contributed by atoms with Crippen LogP contribution in [0.15, 0.2) is 30.3 Å². The van der Waals surface area contributed by atoms with Crippen LogP contribution < -0.4 is 10.2 Å². The molecule has 4 rings (SSSR count). The lowest BCUT2D eigenvalue weighted by molar-refractivity contribution is 0.738. The molecular formula is C17H20N4. The van der Waals surface area contributed by atoms with E-state index < -0.39 is 0 Å². The third-order valence-electron chi connectivity index (χ3n) is 4.19. The second kappa shape index (κ2) is 4.72. The van der Waals surface area contributed by atoms with Gasteiger partial charge < -0.3 is 10.2 Å². The Morgan fingerprint density at radius 1 is 1.19 bits per heavy atom. The van der Waals surface area contributed by atoms with Crippen LogP contribution >= 0.6 is 0 Å². The quantitative estimate of drug-likeness (QED) is 0.935. The van der Waals surface area contributed by atoms with Gasteiger partial charge in [-0.15, -0.1) is 0 Å². The van der Waals surface area contributed by atoms with E-state index in [0.717, 1.165) is 23.9 Å². The Morgan fingerprint density at radius 3 is 2.81 bits per heavy atom. The minimum absolute atomic E-state index is 0.401. The molecule has 1 aliphatic carbocycles. The molecule has 1 saturated carbocycles. The molecule has 0 spiro atoms. The summed E-state index contributed by atoms with van der Waals surface area (Å²) in [6.45, 7) is 4.27. The van der Waals surface area contributed by atoms with Crippen LogP contribution in [0.1, 0.15) is 31.0 Å². The molecule has 4 nitrogen and oxygen atoms in total. The Morgan fingerprint density at radius 2 is 2.00 bits per heavy atom. The van der Waals surface area contributed by atoms with E-state index in [1.807, 2.05) is 13.0 Å². The molecule has 0 amide bonds. The van der Waals surface area contributed by atoms with E-state index in [0.29, 0.717) is 12.1 Å². The molecule has 2 aliphatic rings. The van der Waals surface area contributed by atoms with E-state index in [4.69, 9.17) is 4.98 Å². The van der Waals surface area contributed by atoms with E-state index in [1.54, 1.807) is 0 Å². The largest absolute Gasteiger partial charge is 0.367 e. The van der Waals surface area contributed by atoms with Crippen LogP contribution in [0, 0.1) is 6.92 Å². The predicted molar refractivity (Wildman–Crippen MR) is 85.2 cm³/mol. The zero-order valence-corrected chi connectivity index (χ0v) is 12.5. The molecule has 2 aromatic rings. The molecule has 21 heavy (non-hydrogen) atoms. The maximum atomic E-state index is 4.75. The van der Waals surface area contributed by atoms with Crippen LogP contribution in [0.3, 0.4) is 0 Å². The molecule has 1 fully saturated rings. The van der Waals surface area contributed by atoms with Gasteiger partial charge in [-0.05, 0) is 44.7 Å². The molecule has 1 aromatic heterocycles. The molecule has 0 saturated heterocycles. The number of para-hydroxylation sites is 1. The Balaban J connectivity index is 1.73. The lowest BCUT2D eigenvalue weighted by atomic mass is 10.1. The zero-order chi connectivity index (χ0) is 14.4. The number of anilines is 3. The molecule has 108 valence electrons. The van der Waals surface area contributed by atoms with Crippen molar-refractivity contribution in [3.05, 3.63) is 41.6 Å². The molecule has 1 N–H and O–H groups in total. The summed E-state index contributed by atoms with van der Waals surface area (Å²) in [6.07, 6.45) is 3.56. The van der Waals surface area contributed by atoms with Gasteiger partial charge >= 0.3 is 0 Å². The highest BCUT2D eigenvalue weighted by molar-refractivity contribution is 5.67. The summed E-state index contributed by atoms with van der Waals surface area (Å²) < 4.78 is 0. The number of hydrogen-bond acceptors (Lipinski definition) is 4. The Labute approximate surface area is 125 Å². The van der Waals surface area contributed by atoms with E-state index in [1.165, 1.54) is 24.1 Å². The molecule has 1 atom stereocenters. The third-order valence-corrected chi connectivity index (χ3v) is 4.19. The van der Waals surface area contributed by atoms with Crippen molar-refractivity contribution in [2.45, 2.75) is 45.2 Å². The van der Waals surface area contributed by atoms with Gasteiger partial charge in [0.2, 0.25) is 5.95 Å². The van der Waals surface area contributed by atoms with Gasteiger partial charge in [0, 0.05) is 29.5 Å². The molecule has 1 aromatic carbocycles. The highest BCUT2D eigenvalue weighted by atomic mass is 15.3. The van der Waals surface area contributed by atoms with Crippen LogP contribution in [-0.4, -0.2) is 22.1 Å². The summed E-state index contributed by atoms with van der Waals surface area (Å²) in [7, 11) is 0. The van der Waals surface area contributed by atoms with Crippen molar-refractivity contribution in [3.8, 4) is 0 Å². The SMILES string of the molecule is Cc1cc(NC2CC2)nc(N2c3ccccc3CC2C)n1. The number of fused-ring (bicyclic) bond motifs is 1. The Kier molecular flexibility index (Phi) is 2.84. The van der Waals surface area contributed by atoms with Crippen molar-refractivity contribution in [2.24, 2.45) is 0 Å². The molecule has 0 radical (unpaired) electrons. The van der Waals surface area contributed by atoms with E-state index in [2.05, 4.69) is 46.4 Å². The third kappa shape index (κ3) is 2.35. The molecule has 4 heteroatoms. The van der Waals surface area contributed by atoms with Crippen LogP contribution in [0.2, 0.25) is 0 Å². The van der Waals surface area contributed by atoms with Crippen molar-refractivity contribution in [1.82, 2.24) is 9.97 Å². The average Bonchev–Trinajstić information content (AvgIpc) is 3.18. The predicted octanol–water partition coefficient (Wildman–Crippen LogP) is 3.44. The van der Waals surface area contributed by atoms with Gasteiger partial charge in [0.25, 0.3) is 0 Å². The van der Waals surface area contributed by atoms with Gasteiger partial charge in [-0.3, -0.25) is 0 Å². The van der Waals surface area contributed by atoms with Crippen molar-refractivity contribution < 1.29 is 0 Å². The lowest BCUT2D eigenvalue weighted by Crippen LogP contribution is -2.26. The van der Waals surface area contributed by atoms with Crippen molar-refractivity contribution in [2.75, 3.05) is 10.2 Å². The summed E-state index contributed by atoms with van der Waals surface area (Å²) in [4.78, 5) is 11.7. The van der Waals surface area contributed by atoms with Crippen LogP contribution in [0.4, 0.5) is 17.5 Å². The maximum absolute atomic E-state index is 4.75. The monoisotopic (exact) mass is 280 g/mol. The highest BCUT2D eigenvalue weighted by Crippen LogP contribution is 2.37. The Hall–Kier alpha value is -2.10. The van der Waals surface area contributed by atoms with Crippen molar-refractivity contribution in [1.29, 1.82) is 0 Å². The number of aryl methyl sites for hydroxylation is 1. The molecule has 1 aliphatic heterocycles. The fraction of sp³-hybridized carbons (Fsp3) is 0.412. The van der Waals surface area contributed by atoms with Gasteiger partial charge in [0.1, 0.15) is 5.82 Å².